The van der Waals surface area contributed by atoms with Crippen molar-refractivity contribution in [2.45, 2.75) is 13.8 Å². The molecule has 0 saturated heterocycles. The smallest absolute Gasteiger partial charge is 0.259 e. The van der Waals surface area contributed by atoms with Crippen LogP contribution >= 0.6 is 11.6 Å². The highest BCUT2D eigenvalue weighted by molar-refractivity contribution is 6.31. The highest BCUT2D eigenvalue weighted by Crippen LogP contribution is 2.18. The van der Waals surface area contributed by atoms with Crippen molar-refractivity contribution in [2.75, 3.05) is 5.32 Å². The lowest BCUT2D eigenvalue weighted by Gasteiger charge is -2.05. The van der Waals surface area contributed by atoms with Gasteiger partial charge >= 0.3 is 0 Å². The van der Waals surface area contributed by atoms with E-state index in [1.54, 1.807) is 28.9 Å². The summed E-state index contributed by atoms with van der Waals surface area (Å²) in [6.45, 7) is 3.69. The van der Waals surface area contributed by atoms with Crippen LogP contribution in [0.15, 0.2) is 24.3 Å². The first kappa shape index (κ1) is 12.6. The maximum atomic E-state index is 12.2. The molecular weight excluding hydrogens is 250 g/mol. The fraction of sp³-hybridized carbons (Fsp3) is 0.231. The van der Waals surface area contributed by atoms with Crippen LogP contribution in [0.4, 0.5) is 5.69 Å². The standard InChI is InChI=1S/C13H14ClN3O/c1-8-12(9(2)17(3)16-8)13(18)15-11-6-4-5-10(14)7-11/h4-7H,1-3H3,(H,15,18). The number of amides is 1. The van der Waals surface area contributed by atoms with Gasteiger partial charge in [-0.3, -0.25) is 9.48 Å². The lowest BCUT2D eigenvalue weighted by Crippen LogP contribution is -2.14. The average molecular weight is 264 g/mol. The van der Waals surface area contributed by atoms with Crippen molar-refractivity contribution >= 4 is 23.2 Å². The molecule has 1 aromatic heterocycles. The quantitative estimate of drug-likeness (QED) is 0.906. The van der Waals surface area contributed by atoms with E-state index >= 15 is 0 Å². The molecule has 0 radical (unpaired) electrons. The Labute approximate surface area is 111 Å². The molecule has 2 aromatic rings. The topological polar surface area (TPSA) is 46.9 Å². The number of benzene rings is 1. The summed E-state index contributed by atoms with van der Waals surface area (Å²) in [6, 6.07) is 7.06. The van der Waals surface area contributed by atoms with E-state index in [9.17, 15) is 4.79 Å². The Hall–Kier alpha value is -1.81. The summed E-state index contributed by atoms with van der Waals surface area (Å²) in [4.78, 5) is 12.2. The molecule has 5 heteroatoms. The van der Waals surface area contributed by atoms with Gasteiger partial charge < -0.3 is 5.32 Å². The molecule has 1 heterocycles. The summed E-state index contributed by atoms with van der Waals surface area (Å²) in [5, 5.41) is 7.63. The minimum atomic E-state index is -0.166. The maximum absolute atomic E-state index is 12.2. The van der Waals surface area contributed by atoms with E-state index in [-0.39, 0.29) is 5.91 Å². The zero-order valence-corrected chi connectivity index (χ0v) is 11.2. The summed E-state index contributed by atoms with van der Waals surface area (Å²) < 4.78 is 1.70. The molecule has 0 aliphatic heterocycles. The number of hydrogen-bond acceptors (Lipinski definition) is 2. The van der Waals surface area contributed by atoms with Gasteiger partial charge in [0.25, 0.3) is 5.91 Å². The summed E-state index contributed by atoms with van der Waals surface area (Å²) in [6.07, 6.45) is 0. The molecule has 1 N–H and O–H groups in total. The Morgan fingerprint density at radius 3 is 2.67 bits per heavy atom. The van der Waals surface area contributed by atoms with Crippen LogP contribution in [0, 0.1) is 13.8 Å². The molecule has 0 aliphatic carbocycles. The van der Waals surface area contributed by atoms with Gasteiger partial charge in [-0.05, 0) is 32.0 Å². The van der Waals surface area contributed by atoms with E-state index in [1.807, 2.05) is 20.9 Å². The number of aromatic nitrogens is 2. The third-order valence-corrected chi connectivity index (χ3v) is 3.05. The van der Waals surface area contributed by atoms with Crippen molar-refractivity contribution < 1.29 is 4.79 Å². The average Bonchev–Trinajstić information content (AvgIpc) is 2.53. The van der Waals surface area contributed by atoms with Crippen LogP contribution in [0.1, 0.15) is 21.7 Å². The van der Waals surface area contributed by atoms with Gasteiger partial charge in [-0.25, -0.2) is 0 Å². The number of hydrogen-bond donors (Lipinski definition) is 1. The molecule has 0 bridgehead atoms. The lowest BCUT2D eigenvalue weighted by molar-refractivity contribution is 0.102. The fourth-order valence-electron chi connectivity index (χ4n) is 1.86. The molecule has 0 fully saturated rings. The van der Waals surface area contributed by atoms with Crippen molar-refractivity contribution in [3.63, 3.8) is 0 Å². The minimum absolute atomic E-state index is 0.166. The SMILES string of the molecule is Cc1nn(C)c(C)c1C(=O)Nc1cccc(Cl)c1. The number of nitrogens with zero attached hydrogens (tertiary/aromatic N) is 2. The predicted octanol–water partition coefficient (Wildman–Crippen LogP) is 2.94. The number of rotatable bonds is 2. The van der Waals surface area contributed by atoms with Crippen molar-refractivity contribution in [3.8, 4) is 0 Å². The lowest BCUT2D eigenvalue weighted by atomic mass is 10.2. The van der Waals surface area contributed by atoms with Gasteiger partial charge in [0.15, 0.2) is 0 Å². The minimum Gasteiger partial charge on any atom is -0.322 e. The van der Waals surface area contributed by atoms with Gasteiger partial charge in [-0.2, -0.15) is 5.10 Å². The predicted molar refractivity (Wildman–Crippen MR) is 72.1 cm³/mol. The Morgan fingerprint density at radius 2 is 2.11 bits per heavy atom. The van der Waals surface area contributed by atoms with E-state index in [4.69, 9.17) is 11.6 Å². The zero-order valence-electron chi connectivity index (χ0n) is 10.5. The molecule has 0 aliphatic rings. The van der Waals surface area contributed by atoms with Crippen molar-refractivity contribution in [3.05, 3.63) is 46.2 Å². The van der Waals surface area contributed by atoms with Crippen LogP contribution in [0.5, 0.6) is 0 Å². The van der Waals surface area contributed by atoms with E-state index in [1.165, 1.54) is 0 Å². The number of aryl methyl sites for hydroxylation is 2. The number of carbonyl (C=O) groups is 1. The Morgan fingerprint density at radius 1 is 1.39 bits per heavy atom. The highest BCUT2D eigenvalue weighted by Gasteiger charge is 2.17. The second-order valence-corrected chi connectivity index (χ2v) is 4.57. The number of anilines is 1. The van der Waals surface area contributed by atoms with E-state index in [0.717, 1.165) is 11.4 Å². The highest BCUT2D eigenvalue weighted by atomic mass is 35.5. The van der Waals surface area contributed by atoms with E-state index in [0.29, 0.717) is 16.3 Å². The molecular formula is C13H14ClN3O. The molecule has 94 valence electrons. The molecule has 2 rings (SSSR count). The summed E-state index contributed by atoms with van der Waals surface area (Å²) in [7, 11) is 1.82. The second-order valence-electron chi connectivity index (χ2n) is 4.13. The number of nitrogens with one attached hydrogen (secondary N) is 1. The van der Waals surface area contributed by atoms with Gasteiger partial charge in [0.1, 0.15) is 0 Å². The van der Waals surface area contributed by atoms with Gasteiger partial charge in [-0.15, -0.1) is 0 Å². The van der Waals surface area contributed by atoms with Crippen molar-refractivity contribution in [2.24, 2.45) is 7.05 Å². The van der Waals surface area contributed by atoms with Crippen LogP contribution in [0.3, 0.4) is 0 Å². The normalized spacial score (nSPS) is 10.4. The van der Waals surface area contributed by atoms with Crippen LogP contribution in [-0.4, -0.2) is 15.7 Å². The third kappa shape index (κ3) is 2.38. The first-order chi connectivity index (χ1) is 8.49. The molecule has 1 aromatic carbocycles. The molecule has 18 heavy (non-hydrogen) atoms. The summed E-state index contributed by atoms with van der Waals surface area (Å²) in [5.74, 6) is -0.166. The number of halogens is 1. The van der Waals surface area contributed by atoms with Crippen LogP contribution < -0.4 is 5.32 Å². The molecule has 0 saturated carbocycles. The Kier molecular flexibility index (Phi) is 3.39. The largest absolute Gasteiger partial charge is 0.322 e. The first-order valence-electron chi connectivity index (χ1n) is 5.56. The monoisotopic (exact) mass is 263 g/mol. The second kappa shape index (κ2) is 4.82. The zero-order chi connectivity index (χ0) is 13.3. The van der Waals surface area contributed by atoms with Gasteiger partial charge in [0, 0.05) is 23.5 Å². The van der Waals surface area contributed by atoms with Gasteiger partial charge in [0.2, 0.25) is 0 Å². The van der Waals surface area contributed by atoms with Crippen LogP contribution in [-0.2, 0) is 7.05 Å². The van der Waals surface area contributed by atoms with Crippen molar-refractivity contribution in [1.82, 2.24) is 9.78 Å². The Balaban J connectivity index is 2.27. The molecule has 0 atom stereocenters. The summed E-state index contributed by atoms with van der Waals surface area (Å²) in [5.41, 5.74) is 2.84. The van der Waals surface area contributed by atoms with E-state index < -0.39 is 0 Å². The van der Waals surface area contributed by atoms with Crippen LogP contribution in [0.25, 0.3) is 0 Å². The molecule has 4 nitrogen and oxygen atoms in total. The van der Waals surface area contributed by atoms with Gasteiger partial charge in [-0.1, -0.05) is 17.7 Å². The molecule has 0 spiro atoms. The first-order valence-corrected chi connectivity index (χ1v) is 5.94. The van der Waals surface area contributed by atoms with Crippen molar-refractivity contribution in [1.29, 1.82) is 0 Å². The fourth-order valence-corrected chi connectivity index (χ4v) is 2.05. The number of carbonyl (C=O) groups excluding carboxylic acids is 1. The van der Waals surface area contributed by atoms with Gasteiger partial charge in [0.05, 0.1) is 11.3 Å². The van der Waals surface area contributed by atoms with Crippen LogP contribution in [0.2, 0.25) is 5.02 Å². The maximum Gasteiger partial charge on any atom is 0.259 e. The molecule has 1 amide bonds. The molecule has 0 unspecified atom stereocenters. The Bertz CT molecular complexity index is 604. The third-order valence-electron chi connectivity index (χ3n) is 2.82. The summed E-state index contributed by atoms with van der Waals surface area (Å²) >= 11 is 5.87. The van der Waals surface area contributed by atoms with E-state index in [2.05, 4.69) is 10.4 Å².